The lowest BCUT2D eigenvalue weighted by molar-refractivity contribution is -0.201. The number of benzene rings is 5. The van der Waals surface area contributed by atoms with Crippen molar-refractivity contribution in [3.8, 4) is 11.5 Å². The van der Waals surface area contributed by atoms with E-state index in [1.807, 2.05) is 140 Å². The molecule has 2 aliphatic rings. The first-order valence-electron chi connectivity index (χ1n) is 20.3. The minimum atomic E-state index is -1.26. The van der Waals surface area contributed by atoms with Gasteiger partial charge < -0.3 is 38.3 Å². The van der Waals surface area contributed by atoms with Gasteiger partial charge in [-0.2, -0.15) is 0 Å². The van der Waals surface area contributed by atoms with E-state index in [4.69, 9.17) is 33.2 Å². The highest BCUT2D eigenvalue weighted by Crippen LogP contribution is 2.34. The Morgan fingerprint density at radius 3 is 1.56 bits per heavy atom. The van der Waals surface area contributed by atoms with Gasteiger partial charge in [0.05, 0.1) is 13.2 Å². The first-order valence-corrected chi connectivity index (χ1v) is 20.3. The van der Waals surface area contributed by atoms with Gasteiger partial charge in [-0.1, -0.05) is 127 Å². The number of aliphatic hydroxyl groups excluding tert-OH is 1. The van der Waals surface area contributed by atoms with E-state index in [9.17, 15) is 5.11 Å². The lowest BCUT2D eigenvalue weighted by atomic mass is 10.0. The third kappa shape index (κ3) is 11.8. The predicted molar refractivity (Wildman–Crippen MR) is 223 cm³/mol. The largest absolute Gasteiger partial charge is 0.485 e. The molecule has 0 aromatic heterocycles. The molecular weight excluding hydrogens is 747 g/mol. The second kappa shape index (κ2) is 19.3. The van der Waals surface area contributed by atoms with Crippen molar-refractivity contribution in [2.24, 2.45) is 0 Å². The van der Waals surface area contributed by atoms with E-state index in [-0.39, 0.29) is 19.6 Å². The summed E-state index contributed by atoms with van der Waals surface area (Å²) >= 11 is 0. The Labute approximate surface area is 347 Å². The average Bonchev–Trinajstić information content (AvgIpc) is 3.81. The monoisotopic (exact) mass is 801 g/mol. The number of aliphatic hydroxyl groups is 1. The van der Waals surface area contributed by atoms with Gasteiger partial charge in [-0.25, -0.2) is 0 Å². The van der Waals surface area contributed by atoms with Crippen LogP contribution in [0.2, 0.25) is 0 Å². The summed E-state index contributed by atoms with van der Waals surface area (Å²) in [5, 5.41) is 11.9. The maximum atomic E-state index is 15.1. The standard InChI is InChI=1S/C49H55NO9/c1-48(2)55-33-43(58-48)45(51)46(44-34-56-49(3,4)59-44)57-47(52)40(50(29-35-17-9-5-10-18-35)30-36-19-11-6-12-20-36)27-39-25-26-41(53-31-37-21-13-7-14-22-37)42(28-39)54-32-38-23-15-8-16-24-38/h5-26,28,40,43-46,51H,27,29-34H2,1-4H3/t40?,43-,44-,45-,46-/m1/s1. The molecule has 0 amide bonds. The Morgan fingerprint density at radius 1 is 0.627 bits per heavy atom. The van der Waals surface area contributed by atoms with Gasteiger partial charge in [0.1, 0.15) is 37.6 Å². The zero-order valence-electron chi connectivity index (χ0n) is 34.3. The van der Waals surface area contributed by atoms with Gasteiger partial charge in [0.15, 0.2) is 29.2 Å². The van der Waals surface area contributed by atoms with Gasteiger partial charge in [-0.3, -0.25) is 9.69 Å². The van der Waals surface area contributed by atoms with Crippen LogP contribution in [-0.2, 0) is 61.2 Å². The van der Waals surface area contributed by atoms with Crippen molar-refractivity contribution in [3.63, 3.8) is 0 Å². The van der Waals surface area contributed by atoms with Crippen LogP contribution in [0.3, 0.4) is 0 Å². The van der Waals surface area contributed by atoms with Crippen molar-refractivity contribution in [2.75, 3.05) is 13.2 Å². The molecule has 0 bridgehead atoms. The van der Waals surface area contributed by atoms with Crippen LogP contribution >= 0.6 is 0 Å². The van der Waals surface area contributed by atoms with E-state index < -0.39 is 48.0 Å². The lowest BCUT2D eigenvalue weighted by Crippen LogP contribution is -2.52. The van der Waals surface area contributed by atoms with Crippen LogP contribution in [0.4, 0.5) is 0 Å². The molecule has 2 aliphatic heterocycles. The molecular formula is C49H55NO9. The molecule has 10 heteroatoms. The Bertz CT molecular complexity index is 2020. The normalized spacial score (nSPS) is 19.8. The summed E-state index contributed by atoms with van der Waals surface area (Å²) in [6.07, 6.45) is -3.65. The van der Waals surface area contributed by atoms with Gasteiger partial charge in [0.2, 0.25) is 0 Å². The van der Waals surface area contributed by atoms with Crippen molar-refractivity contribution < 1.29 is 43.1 Å². The number of ether oxygens (including phenoxy) is 7. The third-order valence-corrected chi connectivity index (χ3v) is 10.5. The fourth-order valence-electron chi connectivity index (χ4n) is 7.43. The van der Waals surface area contributed by atoms with E-state index in [1.54, 1.807) is 27.7 Å². The van der Waals surface area contributed by atoms with Crippen LogP contribution in [0.15, 0.2) is 140 Å². The quantitative estimate of drug-likeness (QED) is 0.0877. The fraction of sp³-hybridized carbons (Fsp3) is 0.367. The molecule has 5 aromatic rings. The second-order valence-corrected chi connectivity index (χ2v) is 16.1. The summed E-state index contributed by atoms with van der Waals surface area (Å²) in [6.45, 7) is 9.00. The number of hydrogen-bond donors (Lipinski definition) is 1. The number of rotatable bonds is 18. The number of nitrogens with zero attached hydrogens (tertiary/aromatic N) is 1. The summed E-state index contributed by atoms with van der Waals surface area (Å²) in [6, 6.07) is 45.0. The molecule has 1 unspecified atom stereocenters. The van der Waals surface area contributed by atoms with Crippen LogP contribution < -0.4 is 9.47 Å². The second-order valence-electron chi connectivity index (χ2n) is 16.1. The fourth-order valence-corrected chi connectivity index (χ4v) is 7.43. The SMILES string of the molecule is CC1(C)OC[C@H]([C@@H](O)[C@H](OC(=O)C(Cc2ccc(OCc3ccccc3)c(OCc3ccccc3)c2)N(Cc2ccccc2)Cc2ccccc2)[C@H]2COC(C)(C)O2)O1. The van der Waals surface area contributed by atoms with Crippen molar-refractivity contribution in [3.05, 3.63) is 167 Å². The minimum absolute atomic E-state index is 0.119. The van der Waals surface area contributed by atoms with Crippen molar-refractivity contribution in [1.82, 2.24) is 4.90 Å². The van der Waals surface area contributed by atoms with Gasteiger partial charge >= 0.3 is 5.97 Å². The third-order valence-electron chi connectivity index (χ3n) is 10.5. The maximum Gasteiger partial charge on any atom is 0.324 e. The summed E-state index contributed by atoms with van der Waals surface area (Å²) in [5.41, 5.74) is 4.93. The van der Waals surface area contributed by atoms with Crippen molar-refractivity contribution in [1.29, 1.82) is 0 Å². The van der Waals surface area contributed by atoms with E-state index in [2.05, 4.69) is 4.90 Å². The van der Waals surface area contributed by atoms with Gasteiger partial charge in [-0.05, 0) is 74.1 Å². The average molecular weight is 802 g/mol. The molecule has 7 rings (SSSR count). The van der Waals surface area contributed by atoms with Crippen LogP contribution in [-0.4, -0.2) is 71.2 Å². The molecule has 310 valence electrons. The van der Waals surface area contributed by atoms with E-state index in [1.165, 1.54) is 0 Å². The molecule has 0 radical (unpaired) electrons. The Kier molecular flexibility index (Phi) is 13.8. The molecule has 2 saturated heterocycles. The number of carbonyl (C=O) groups is 1. The Balaban J connectivity index is 1.23. The maximum absolute atomic E-state index is 15.1. The zero-order valence-corrected chi connectivity index (χ0v) is 34.3. The molecule has 59 heavy (non-hydrogen) atoms. The molecule has 5 aromatic carbocycles. The first kappa shape index (κ1) is 42.1. The summed E-state index contributed by atoms with van der Waals surface area (Å²) < 4.78 is 43.3. The summed E-state index contributed by atoms with van der Waals surface area (Å²) in [5.74, 6) is -1.23. The minimum Gasteiger partial charge on any atom is -0.485 e. The Hall–Kier alpha value is -5.07. The molecule has 5 atom stereocenters. The molecule has 2 fully saturated rings. The first-order chi connectivity index (χ1) is 28.5. The van der Waals surface area contributed by atoms with Gasteiger partial charge in [0, 0.05) is 13.1 Å². The van der Waals surface area contributed by atoms with Crippen LogP contribution in [0.25, 0.3) is 0 Å². The lowest BCUT2D eigenvalue weighted by Gasteiger charge is -2.35. The molecule has 1 N–H and O–H groups in total. The van der Waals surface area contributed by atoms with Crippen molar-refractivity contribution >= 4 is 5.97 Å². The van der Waals surface area contributed by atoms with Crippen molar-refractivity contribution in [2.45, 2.75) is 102 Å². The number of esters is 1. The summed E-state index contributed by atoms with van der Waals surface area (Å²) in [4.78, 5) is 17.2. The van der Waals surface area contributed by atoms with E-state index in [0.717, 1.165) is 27.8 Å². The highest BCUT2D eigenvalue weighted by atomic mass is 16.8. The van der Waals surface area contributed by atoms with E-state index >= 15 is 4.79 Å². The predicted octanol–water partition coefficient (Wildman–Crippen LogP) is 8.03. The van der Waals surface area contributed by atoms with Crippen LogP contribution in [0.1, 0.15) is 55.5 Å². The molecule has 0 aliphatic carbocycles. The number of hydrogen-bond acceptors (Lipinski definition) is 10. The summed E-state index contributed by atoms with van der Waals surface area (Å²) in [7, 11) is 0. The van der Waals surface area contributed by atoms with Crippen LogP contribution in [0, 0.1) is 0 Å². The van der Waals surface area contributed by atoms with E-state index in [0.29, 0.717) is 37.8 Å². The molecule has 10 nitrogen and oxygen atoms in total. The molecule has 0 saturated carbocycles. The van der Waals surface area contributed by atoms with Gasteiger partial charge in [-0.15, -0.1) is 0 Å². The molecule has 0 spiro atoms. The highest BCUT2D eigenvalue weighted by Gasteiger charge is 2.48. The topological polar surface area (TPSA) is 105 Å². The zero-order chi connectivity index (χ0) is 41.2. The molecule has 2 heterocycles. The number of carbonyl (C=O) groups excluding carboxylic acids is 1. The Morgan fingerprint density at radius 2 is 1.08 bits per heavy atom. The smallest absolute Gasteiger partial charge is 0.324 e. The van der Waals surface area contributed by atoms with Gasteiger partial charge in [0.25, 0.3) is 0 Å². The van der Waals surface area contributed by atoms with Crippen LogP contribution in [0.5, 0.6) is 11.5 Å². The highest BCUT2D eigenvalue weighted by molar-refractivity contribution is 5.76.